The highest BCUT2D eigenvalue weighted by atomic mass is 35.5. The molecule has 6 heteroatoms. The molecule has 14 heavy (non-hydrogen) atoms. The summed E-state index contributed by atoms with van der Waals surface area (Å²) in [6.45, 7) is 0. The Hall–Kier alpha value is -1.26. The van der Waals surface area contributed by atoms with Gasteiger partial charge in [0.1, 0.15) is 5.75 Å². The van der Waals surface area contributed by atoms with E-state index in [1.165, 1.54) is 12.1 Å². The maximum absolute atomic E-state index is 10.5. The fourth-order valence-electron chi connectivity index (χ4n) is 0.682. The Bertz CT molecular complexity index is 337. The summed E-state index contributed by atoms with van der Waals surface area (Å²) >= 11 is 8.80. The van der Waals surface area contributed by atoms with Crippen LogP contribution in [0.3, 0.4) is 0 Å². The van der Waals surface area contributed by atoms with Gasteiger partial charge in [0.2, 0.25) is 0 Å². The molecule has 1 aromatic carbocycles. The molecule has 4 nitrogen and oxygen atoms in total. The van der Waals surface area contributed by atoms with E-state index in [1.54, 1.807) is 12.1 Å². The number of carbonyl (C=O) groups is 2. The first kappa shape index (κ1) is 12.7. The predicted molar refractivity (Wildman–Crippen MR) is 53.7 cm³/mol. The Morgan fingerprint density at radius 1 is 1.21 bits per heavy atom. The predicted octanol–water partition coefficient (Wildman–Crippen LogP) is 2.08. The quantitative estimate of drug-likeness (QED) is 0.732. The number of rotatable bonds is 1. The summed E-state index contributed by atoms with van der Waals surface area (Å²) in [5, 5.41) is 8.98. The lowest BCUT2D eigenvalue weighted by Gasteiger charge is -1.96. The minimum atomic E-state index is -0.889. The van der Waals surface area contributed by atoms with Crippen LogP contribution in [0.5, 0.6) is 5.75 Å². The van der Waals surface area contributed by atoms with E-state index >= 15 is 0 Å². The number of hydrogen-bond acceptors (Lipinski definition) is 3. The van der Waals surface area contributed by atoms with Crippen molar-refractivity contribution in [2.75, 3.05) is 0 Å². The van der Waals surface area contributed by atoms with Crippen molar-refractivity contribution < 1.29 is 14.7 Å². The summed E-state index contributed by atoms with van der Waals surface area (Å²) in [4.78, 5) is 19.5. The number of phenols is 1. The number of halogens is 2. The van der Waals surface area contributed by atoms with Crippen LogP contribution in [0.2, 0.25) is 0 Å². The zero-order valence-electron chi connectivity index (χ0n) is 6.91. The molecule has 1 rings (SSSR count). The molecule has 0 aromatic heterocycles. The van der Waals surface area contributed by atoms with E-state index in [0.717, 1.165) is 0 Å². The smallest absolute Gasteiger partial charge is 0.313 e. The van der Waals surface area contributed by atoms with Crippen molar-refractivity contribution >= 4 is 33.8 Å². The average Bonchev–Trinajstić information content (AvgIpc) is 2.03. The van der Waals surface area contributed by atoms with Gasteiger partial charge in [-0.15, -0.1) is 0 Å². The normalized spacial score (nSPS) is 8.43. The van der Waals surface area contributed by atoms with Crippen molar-refractivity contribution in [2.45, 2.75) is 0 Å². The lowest BCUT2D eigenvalue weighted by atomic mass is 10.2. The van der Waals surface area contributed by atoms with Crippen molar-refractivity contribution in [3.63, 3.8) is 0 Å². The topological polar surface area (TPSA) is 80.4 Å². The van der Waals surface area contributed by atoms with Crippen LogP contribution >= 0.6 is 23.2 Å². The van der Waals surface area contributed by atoms with Crippen molar-refractivity contribution in [2.24, 2.45) is 5.73 Å². The van der Waals surface area contributed by atoms with Crippen molar-refractivity contribution in [1.82, 2.24) is 0 Å². The lowest BCUT2D eigenvalue weighted by molar-refractivity contribution is 0.0998. The van der Waals surface area contributed by atoms with Gasteiger partial charge in [0.05, 0.1) is 5.56 Å². The van der Waals surface area contributed by atoms with Crippen molar-refractivity contribution in [3.8, 4) is 5.75 Å². The van der Waals surface area contributed by atoms with Crippen LogP contribution in [0.1, 0.15) is 10.4 Å². The van der Waals surface area contributed by atoms with Gasteiger partial charge >= 0.3 is 4.70 Å². The van der Waals surface area contributed by atoms with E-state index in [-0.39, 0.29) is 11.3 Å². The number of amides is 1. The maximum Gasteiger partial charge on any atom is 0.313 e. The minimum Gasteiger partial charge on any atom is -0.507 e. The number of hydrogen-bond donors (Lipinski definition) is 2. The Morgan fingerprint density at radius 2 is 1.64 bits per heavy atom. The molecule has 0 aliphatic carbocycles. The number of benzene rings is 1. The van der Waals surface area contributed by atoms with Crippen LogP contribution in [0.25, 0.3) is 0 Å². The summed E-state index contributed by atoms with van der Waals surface area (Å²) in [5.74, 6) is -0.687. The van der Waals surface area contributed by atoms with E-state index in [2.05, 4.69) is 23.2 Å². The Balaban J connectivity index is 0.000000364. The van der Waals surface area contributed by atoms with Gasteiger partial charge < -0.3 is 10.8 Å². The molecule has 1 aromatic rings. The van der Waals surface area contributed by atoms with Gasteiger partial charge in [-0.2, -0.15) is 0 Å². The van der Waals surface area contributed by atoms with Gasteiger partial charge in [-0.05, 0) is 35.3 Å². The summed E-state index contributed by atoms with van der Waals surface area (Å²) in [6, 6.07) is 6.15. The van der Waals surface area contributed by atoms with Gasteiger partial charge in [0.25, 0.3) is 5.91 Å². The van der Waals surface area contributed by atoms with Crippen LogP contribution in [0, 0.1) is 0 Å². The Morgan fingerprint density at radius 3 is 1.93 bits per heavy atom. The highest BCUT2D eigenvalue weighted by Crippen LogP contribution is 2.13. The minimum absolute atomic E-state index is 0.0741. The standard InChI is InChI=1S/C7H7NO2.CCl2O/c8-7(10)5-3-1-2-4-6(5)9;2-1(3)4/h1-4,9H,(H2,8,10);. The van der Waals surface area contributed by atoms with E-state index in [1.807, 2.05) is 0 Å². The SMILES string of the molecule is NC(=O)c1ccccc1O.O=C(Cl)Cl. The molecular weight excluding hydrogens is 229 g/mol. The number of aromatic hydroxyl groups is 1. The second-order valence-corrected chi connectivity index (χ2v) is 2.99. The summed E-state index contributed by atoms with van der Waals surface area (Å²) in [6.07, 6.45) is 0. The fourth-order valence-corrected chi connectivity index (χ4v) is 0.682. The molecule has 0 bridgehead atoms. The van der Waals surface area contributed by atoms with Gasteiger partial charge in [-0.1, -0.05) is 12.1 Å². The molecule has 0 unspecified atom stereocenters. The largest absolute Gasteiger partial charge is 0.507 e. The number of nitrogens with two attached hydrogens (primary N) is 1. The highest BCUT2D eigenvalue weighted by molar-refractivity contribution is 6.93. The van der Waals surface area contributed by atoms with E-state index in [9.17, 15) is 4.79 Å². The molecule has 1 amide bonds. The second kappa shape index (κ2) is 6.23. The first-order chi connectivity index (χ1) is 6.45. The number of carbonyl (C=O) groups excluding carboxylic acids is 2. The monoisotopic (exact) mass is 235 g/mol. The molecular formula is C8H7Cl2NO3. The number of para-hydroxylation sites is 1. The van der Waals surface area contributed by atoms with E-state index in [0.29, 0.717) is 0 Å². The van der Waals surface area contributed by atoms with Crippen LogP contribution < -0.4 is 5.73 Å². The zero-order valence-corrected chi connectivity index (χ0v) is 8.42. The molecule has 0 saturated heterocycles. The van der Waals surface area contributed by atoms with Crippen LogP contribution in [-0.4, -0.2) is 15.7 Å². The molecule has 0 aliphatic rings. The molecule has 0 heterocycles. The van der Waals surface area contributed by atoms with Crippen LogP contribution in [0.4, 0.5) is 4.79 Å². The summed E-state index contributed by atoms with van der Waals surface area (Å²) in [5.41, 5.74) is 5.07. The molecule has 0 saturated carbocycles. The third-order valence-electron chi connectivity index (χ3n) is 1.17. The first-order valence-electron chi connectivity index (χ1n) is 3.38. The van der Waals surface area contributed by atoms with Gasteiger partial charge in [0, 0.05) is 0 Å². The van der Waals surface area contributed by atoms with Crippen LogP contribution in [0.15, 0.2) is 24.3 Å². The average molecular weight is 236 g/mol. The van der Waals surface area contributed by atoms with E-state index in [4.69, 9.17) is 15.6 Å². The second-order valence-electron chi connectivity index (χ2n) is 2.11. The van der Waals surface area contributed by atoms with Gasteiger partial charge in [-0.25, -0.2) is 0 Å². The molecule has 0 spiro atoms. The molecule has 0 aliphatic heterocycles. The van der Waals surface area contributed by atoms with Crippen molar-refractivity contribution in [3.05, 3.63) is 29.8 Å². The summed E-state index contributed by atoms with van der Waals surface area (Å²) in [7, 11) is 0. The third kappa shape index (κ3) is 5.40. The Labute approximate surface area is 90.2 Å². The molecule has 76 valence electrons. The fraction of sp³-hybridized carbons (Fsp3) is 0. The maximum atomic E-state index is 10.5. The molecule has 0 fully saturated rings. The van der Waals surface area contributed by atoms with Gasteiger partial charge in [-0.3, -0.25) is 9.59 Å². The van der Waals surface area contributed by atoms with Crippen LogP contribution in [-0.2, 0) is 0 Å². The van der Waals surface area contributed by atoms with Gasteiger partial charge in [0.15, 0.2) is 0 Å². The molecule has 3 N–H and O–H groups in total. The summed E-state index contributed by atoms with van der Waals surface area (Å²) < 4.78 is -0.889. The van der Waals surface area contributed by atoms with E-state index < -0.39 is 10.6 Å². The molecule has 0 radical (unpaired) electrons. The first-order valence-corrected chi connectivity index (χ1v) is 4.13. The highest BCUT2D eigenvalue weighted by Gasteiger charge is 2.03. The Kier molecular flexibility index (Phi) is 5.67. The molecule has 0 atom stereocenters. The number of primary amides is 1. The third-order valence-corrected chi connectivity index (χ3v) is 1.17. The zero-order chi connectivity index (χ0) is 11.1. The lowest BCUT2D eigenvalue weighted by Crippen LogP contribution is -2.10. The van der Waals surface area contributed by atoms with Crippen molar-refractivity contribution in [1.29, 1.82) is 0 Å².